The Kier molecular flexibility index (Phi) is 57.9. The summed E-state index contributed by atoms with van der Waals surface area (Å²) in [5.41, 5.74) is 0. The summed E-state index contributed by atoms with van der Waals surface area (Å²) >= 11 is 0. The zero-order valence-corrected chi connectivity index (χ0v) is 51.6. The minimum absolute atomic E-state index is 0.0293. The summed E-state index contributed by atoms with van der Waals surface area (Å²) in [4.78, 5) is 71.1. The maximum absolute atomic E-state index is 13.2. The SMILES string of the molecule is CC(C)=O.CCCCCCCCC(=O)OCC(COC(O)CCCCCCCC)CC(=O)OCC(CCC(C)COC(=O)CC(COC(=O)CCCCCCCC)CC(C)CC)C(C)C.CCCCCCCCC(C)=O. The van der Waals surface area contributed by atoms with Crippen molar-refractivity contribution in [1.29, 1.82) is 0 Å². The first kappa shape index (κ1) is 77.4. The fourth-order valence-corrected chi connectivity index (χ4v) is 8.58. The molecule has 0 heterocycles. The number of esters is 4. The van der Waals surface area contributed by atoms with Gasteiger partial charge in [0.05, 0.1) is 45.9 Å². The standard InChI is InChI=1S/C51H96O10.C10H20O.C3H6O/c1-9-13-16-19-22-25-28-47(52)58-37-44(33-42(7)12-4)34-50(55)57-36-43(8)31-32-46(41(5)6)40-61-51(56)35-45(38-59-48(53)29-26-23-20-17-14-10-2)39-60-49(54)30-27-24-21-18-15-11-3;1-3-4-5-6-7-8-9-10(2)11;1-3(2)4/h41-46,48,53H,9-40H2,1-8H3;3-9H2,1-2H3;1-2H3. The molecule has 6 unspecified atom stereocenters. The first-order valence-corrected chi connectivity index (χ1v) is 31.2. The van der Waals surface area contributed by atoms with Crippen LogP contribution in [0.3, 0.4) is 0 Å². The van der Waals surface area contributed by atoms with Gasteiger partial charge >= 0.3 is 23.9 Å². The average Bonchev–Trinajstić information content (AvgIpc) is 3.37. The van der Waals surface area contributed by atoms with Crippen molar-refractivity contribution in [1.82, 2.24) is 0 Å². The lowest BCUT2D eigenvalue weighted by Crippen LogP contribution is -2.27. The third kappa shape index (κ3) is 58.8. The Morgan fingerprint density at radius 3 is 1.21 bits per heavy atom. The molecule has 1 N–H and O–H groups in total. The monoisotopic (exact) mass is 1080 g/mol. The van der Waals surface area contributed by atoms with Crippen LogP contribution in [0.4, 0.5) is 0 Å². The van der Waals surface area contributed by atoms with E-state index in [1.807, 2.05) is 0 Å². The van der Waals surface area contributed by atoms with E-state index < -0.39 is 12.2 Å². The Labute approximate surface area is 467 Å². The van der Waals surface area contributed by atoms with Crippen LogP contribution in [0.2, 0.25) is 0 Å². The fourth-order valence-electron chi connectivity index (χ4n) is 8.58. The van der Waals surface area contributed by atoms with Gasteiger partial charge < -0.3 is 38.4 Å². The summed E-state index contributed by atoms with van der Waals surface area (Å²) < 4.78 is 28.5. The Balaban J connectivity index is -0.00000306. The van der Waals surface area contributed by atoms with Crippen molar-refractivity contribution in [2.45, 2.75) is 308 Å². The summed E-state index contributed by atoms with van der Waals surface area (Å²) in [6, 6.07) is 0. The fraction of sp³-hybridized carbons (Fsp3) is 0.906. The molecular formula is C64H122O12. The van der Waals surface area contributed by atoms with Crippen LogP contribution in [0.1, 0.15) is 301 Å². The van der Waals surface area contributed by atoms with E-state index in [1.165, 1.54) is 104 Å². The van der Waals surface area contributed by atoms with Gasteiger partial charge in [-0.05, 0) is 95.8 Å². The van der Waals surface area contributed by atoms with Crippen molar-refractivity contribution in [3.8, 4) is 0 Å². The van der Waals surface area contributed by atoms with Crippen LogP contribution in [0.25, 0.3) is 0 Å². The highest BCUT2D eigenvalue weighted by molar-refractivity contribution is 5.75. The van der Waals surface area contributed by atoms with Gasteiger partial charge in [-0.1, -0.05) is 197 Å². The van der Waals surface area contributed by atoms with Gasteiger partial charge in [0, 0.05) is 31.1 Å². The predicted molar refractivity (Wildman–Crippen MR) is 312 cm³/mol. The van der Waals surface area contributed by atoms with Crippen LogP contribution in [0.5, 0.6) is 0 Å². The van der Waals surface area contributed by atoms with Crippen molar-refractivity contribution in [3.05, 3.63) is 0 Å². The molecule has 0 saturated carbocycles. The van der Waals surface area contributed by atoms with Crippen LogP contribution in [-0.4, -0.2) is 79.9 Å². The van der Waals surface area contributed by atoms with Gasteiger partial charge in [-0.15, -0.1) is 0 Å². The first-order chi connectivity index (χ1) is 36.3. The Bertz CT molecular complexity index is 1360. The van der Waals surface area contributed by atoms with Crippen LogP contribution >= 0.6 is 0 Å². The molecule has 6 atom stereocenters. The van der Waals surface area contributed by atoms with E-state index in [4.69, 9.17) is 23.7 Å². The van der Waals surface area contributed by atoms with Gasteiger partial charge in [0.2, 0.25) is 0 Å². The molecule has 0 aromatic rings. The van der Waals surface area contributed by atoms with Gasteiger partial charge in [-0.3, -0.25) is 19.2 Å². The van der Waals surface area contributed by atoms with Gasteiger partial charge in [-0.2, -0.15) is 0 Å². The second kappa shape index (κ2) is 56.8. The zero-order valence-electron chi connectivity index (χ0n) is 51.6. The Hall–Kier alpha value is -2.86. The van der Waals surface area contributed by atoms with Crippen LogP contribution in [0, 0.1) is 35.5 Å². The van der Waals surface area contributed by atoms with Gasteiger partial charge in [-0.25, -0.2) is 0 Å². The highest BCUT2D eigenvalue weighted by Crippen LogP contribution is 2.24. The van der Waals surface area contributed by atoms with Crippen molar-refractivity contribution in [2.75, 3.05) is 33.0 Å². The highest BCUT2D eigenvalue weighted by Gasteiger charge is 2.24. The number of unbranched alkanes of at least 4 members (excludes halogenated alkanes) is 20. The van der Waals surface area contributed by atoms with Crippen LogP contribution in [-0.2, 0) is 52.5 Å². The van der Waals surface area contributed by atoms with Crippen molar-refractivity contribution >= 4 is 35.4 Å². The van der Waals surface area contributed by atoms with Crippen molar-refractivity contribution in [2.24, 2.45) is 35.5 Å². The van der Waals surface area contributed by atoms with Crippen LogP contribution < -0.4 is 0 Å². The molecule has 0 aromatic heterocycles. The zero-order chi connectivity index (χ0) is 57.6. The molecule has 0 amide bonds. The smallest absolute Gasteiger partial charge is 0.306 e. The number of aliphatic hydroxyl groups is 1. The molecule has 450 valence electrons. The number of ether oxygens (including phenoxy) is 5. The molecule has 0 aliphatic carbocycles. The highest BCUT2D eigenvalue weighted by atomic mass is 16.6. The van der Waals surface area contributed by atoms with E-state index in [-0.39, 0.29) is 92.6 Å². The maximum Gasteiger partial charge on any atom is 0.306 e. The lowest BCUT2D eigenvalue weighted by atomic mass is 9.89. The maximum atomic E-state index is 13.2. The number of carbonyl (C=O) groups excluding carboxylic acids is 6. The molecule has 0 radical (unpaired) electrons. The minimum Gasteiger partial charge on any atom is -0.465 e. The molecule has 12 heteroatoms. The quantitative estimate of drug-likeness (QED) is 0.0265. The minimum atomic E-state index is -0.925. The van der Waals surface area contributed by atoms with E-state index in [1.54, 1.807) is 6.92 Å². The molecular weight excluding hydrogens is 961 g/mol. The Morgan fingerprint density at radius 1 is 0.395 bits per heavy atom. The molecule has 0 aromatic carbocycles. The second-order valence-electron chi connectivity index (χ2n) is 22.8. The number of aliphatic hydroxyl groups excluding tert-OH is 1. The van der Waals surface area contributed by atoms with E-state index in [0.717, 1.165) is 96.3 Å². The summed E-state index contributed by atoms with van der Waals surface area (Å²) in [5, 5.41) is 10.5. The summed E-state index contributed by atoms with van der Waals surface area (Å²) in [6.07, 6.45) is 32.3. The number of hydrogen-bond acceptors (Lipinski definition) is 12. The molecule has 0 bridgehead atoms. The number of Topliss-reactive ketones (excluding diaryl/α,β-unsaturated/α-hetero) is 2. The number of ketones is 2. The first-order valence-electron chi connectivity index (χ1n) is 31.2. The Morgan fingerprint density at radius 2 is 0.776 bits per heavy atom. The summed E-state index contributed by atoms with van der Waals surface area (Å²) in [6.45, 7) is 25.1. The molecule has 0 spiro atoms. The predicted octanol–water partition coefficient (Wildman–Crippen LogP) is 16.8. The topological polar surface area (TPSA) is 169 Å². The van der Waals surface area contributed by atoms with Gasteiger partial charge in [0.1, 0.15) is 11.6 Å². The van der Waals surface area contributed by atoms with Crippen molar-refractivity contribution in [3.63, 3.8) is 0 Å². The third-order valence-corrected chi connectivity index (χ3v) is 13.9. The van der Waals surface area contributed by atoms with Gasteiger partial charge in [0.25, 0.3) is 0 Å². The van der Waals surface area contributed by atoms with E-state index >= 15 is 0 Å². The molecule has 0 aliphatic heterocycles. The summed E-state index contributed by atoms with van der Waals surface area (Å²) in [7, 11) is 0. The van der Waals surface area contributed by atoms with Gasteiger partial charge in [0.15, 0.2) is 6.29 Å². The molecule has 0 saturated heterocycles. The molecule has 12 nitrogen and oxygen atoms in total. The summed E-state index contributed by atoms with van der Waals surface area (Å²) in [5.74, 6) is -0.143. The molecule has 0 rings (SSSR count). The lowest BCUT2D eigenvalue weighted by Gasteiger charge is -2.24. The molecule has 0 fully saturated rings. The average molecular weight is 1080 g/mol. The van der Waals surface area contributed by atoms with E-state index in [0.29, 0.717) is 37.6 Å². The molecule has 76 heavy (non-hydrogen) atoms. The lowest BCUT2D eigenvalue weighted by molar-refractivity contribution is -0.157. The number of rotatable bonds is 50. The number of carbonyl (C=O) groups is 6. The number of hydrogen-bond donors (Lipinski definition) is 1. The van der Waals surface area contributed by atoms with E-state index in [2.05, 4.69) is 62.3 Å². The largest absolute Gasteiger partial charge is 0.465 e. The van der Waals surface area contributed by atoms with Crippen molar-refractivity contribution < 1.29 is 57.6 Å². The van der Waals surface area contributed by atoms with Crippen LogP contribution in [0.15, 0.2) is 0 Å². The molecule has 0 aliphatic rings. The second-order valence-corrected chi connectivity index (χ2v) is 22.8. The normalized spacial score (nSPS) is 13.4. The van der Waals surface area contributed by atoms with E-state index in [9.17, 15) is 33.9 Å². The third-order valence-electron chi connectivity index (χ3n) is 13.9.